The zero-order valence-electron chi connectivity index (χ0n) is 9.36. The lowest BCUT2D eigenvalue weighted by Crippen LogP contribution is -1.97. The minimum absolute atomic E-state index is 0.0000866. The quantitative estimate of drug-likeness (QED) is 0.839. The number of nitriles is 1. The van der Waals surface area contributed by atoms with Gasteiger partial charge in [-0.2, -0.15) is 5.26 Å². The van der Waals surface area contributed by atoms with E-state index in [1.165, 1.54) is 12.1 Å². The standard InChI is InChI=1S/C14H9ClFNO/c15-13-4-2-1-3-11(13)9-18-12-6-5-10(8-17)14(16)7-12/h1-7H,9H2. The molecule has 4 heteroatoms. The second kappa shape index (κ2) is 5.52. The summed E-state index contributed by atoms with van der Waals surface area (Å²) < 4.78 is 18.7. The lowest BCUT2D eigenvalue weighted by molar-refractivity contribution is 0.304. The van der Waals surface area contributed by atoms with E-state index in [4.69, 9.17) is 21.6 Å². The summed E-state index contributed by atoms with van der Waals surface area (Å²) in [7, 11) is 0. The van der Waals surface area contributed by atoms with Gasteiger partial charge in [0, 0.05) is 16.7 Å². The summed E-state index contributed by atoms with van der Waals surface area (Å²) in [5.41, 5.74) is 0.823. The van der Waals surface area contributed by atoms with E-state index in [2.05, 4.69) is 0 Å². The molecule has 0 N–H and O–H groups in total. The third-order valence-electron chi connectivity index (χ3n) is 2.41. The van der Waals surface area contributed by atoms with Crippen molar-refractivity contribution in [2.75, 3.05) is 0 Å². The molecule has 0 fully saturated rings. The second-order valence-electron chi connectivity index (χ2n) is 3.63. The number of hydrogen-bond donors (Lipinski definition) is 0. The van der Waals surface area contributed by atoms with Crippen LogP contribution in [0.4, 0.5) is 4.39 Å². The molecule has 0 amide bonds. The largest absolute Gasteiger partial charge is 0.489 e. The maximum atomic E-state index is 13.3. The minimum atomic E-state index is -0.589. The summed E-state index contributed by atoms with van der Waals surface area (Å²) >= 11 is 5.97. The van der Waals surface area contributed by atoms with Crippen molar-refractivity contribution >= 4 is 11.6 Å². The molecule has 90 valence electrons. The maximum Gasteiger partial charge on any atom is 0.144 e. The van der Waals surface area contributed by atoms with Crippen LogP contribution < -0.4 is 4.74 Å². The van der Waals surface area contributed by atoms with Crippen molar-refractivity contribution in [1.82, 2.24) is 0 Å². The molecule has 0 saturated carbocycles. The Kier molecular flexibility index (Phi) is 3.81. The summed E-state index contributed by atoms with van der Waals surface area (Å²) in [6.07, 6.45) is 0. The summed E-state index contributed by atoms with van der Waals surface area (Å²) in [5, 5.41) is 9.21. The van der Waals surface area contributed by atoms with Gasteiger partial charge in [-0.25, -0.2) is 4.39 Å². The lowest BCUT2D eigenvalue weighted by atomic mass is 10.2. The van der Waals surface area contributed by atoms with Crippen molar-refractivity contribution in [1.29, 1.82) is 5.26 Å². The lowest BCUT2D eigenvalue weighted by Gasteiger charge is -2.07. The smallest absolute Gasteiger partial charge is 0.144 e. The number of halogens is 2. The van der Waals surface area contributed by atoms with Crippen LogP contribution in [-0.2, 0) is 6.61 Å². The monoisotopic (exact) mass is 261 g/mol. The van der Waals surface area contributed by atoms with Crippen LogP contribution in [0.3, 0.4) is 0 Å². The van der Waals surface area contributed by atoms with Crippen molar-refractivity contribution in [3.8, 4) is 11.8 Å². The highest BCUT2D eigenvalue weighted by Gasteiger charge is 2.04. The van der Waals surface area contributed by atoms with Crippen molar-refractivity contribution in [3.05, 3.63) is 64.4 Å². The van der Waals surface area contributed by atoms with Gasteiger partial charge in [0.2, 0.25) is 0 Å². The Morgan fingerprint density at radius 2 is 2.00 bits per heavy atom. The van der Waals surface area contributed by atoms with Crippen LogP contribution in [-0.4, -0.2) is 0 Å². The fraction of sp³-hybridized carbons (Fsp3) is 0.0714. The molecule has 0 spiro atoms. The molecule has 0 atom stereocenters. The van der Waals surface area contributed by atoms with Gasteiger partial charge in [0.25, 0.3) is 0 Å². The molecule has 0 heterocycles. The van der Waals surface area contributed by atoms with Gasteiger partial charge in [-0.3, -0.25) is 0 Å². The summed E-state index contributed by atoms with van der Waals surface area (Å²) in [6, 6.07) is 13.2. The number of nitrogens with zero attached hydrogens (tertiary/aromatic N) is 1. The van der Waals surface area contributed by atoms with Crippen LogP contribution in [0.25, 0.3) is 0 Å². The molecular formula is C14H9ClFNO. The van der Waals surface area contributed by atoms with Gasteiger partial charge < -0.3 is 4.74 Å². The van der Waals surface area contributed by atoms with Gasteiger partial charge in [0.05, 0.1) is 5.56 Å². The van der Waals surface area contributed by atoms with Crippen LogP contribution in [0.2, 0.25) is 5.02 Å². The molecular weight excluding hydrogens is 253 g/mol. The molecule has 2 aromatic rings. The number of benzene rings is 2. The molecule has 0 unspecified atom stereocenters. The van der Waals surface area contributed by atoms with Crippen LogP contribution in [0.5, 0.6) is 5.75 Å². The third kappa shape index (κ3) is 2.79. The topological polar surface area (TPSA) is 33.0 Å². The number of hydrogen-bond acceptors (Lipinski definition) is 2. The predicted octanol–water partition coefficient (Wildman–Crippen LogP) is 3.93. The molecule has 0 aliphatic carbocycles. The first-order valence-corrected chi connectivity index (χ1v) is 5.64. The van der Waals surface area contributed by atoms with Crippen LogP contribution >= 0.6 is 11.6 Å². The van der Waals surface area contributed by atoms with Crippen LogP contribution in [0.15, 0.2) is 42.5 Å². The van der Waals surface area contributed by atoms with E-state index in [0.717, 1.165) is 5.56 Å². The highest BCUT2D eigenvalue weighted by Crippen LogP contribution is 2.20. The molecule has 0 aliphatic rings. The first-order valence-electron chi connectivity index (χ1n) is 5.26. The van der Waals surface area contributed by atoms with Crippen molar-refractivity contribution in [2.24, 2.45) is 0 Å². The van der Waals surface area contributed by atoms with E-state index in [9.17, 15) is 4.39 Å². The summed E-state index contributed by atoms with van der Waals surface area (Å²) in [5.74, 6) is -0.222. The van der Waals surface area contributed by atoms with Gasteiger partial charge >= 0.3 is 0 Å². The fourth-order valence-corrected chi connectivity index (χ4v) is 1.64. The van der Waals surface area contributed by atoms with E-state index in [1.807, 2.05) is 18.2 Å². The Morgan fingerprint density at radius 3 is 2.67 bits per heavy atom. The molecule has 2 aromatic carbocycles. The van der Waals surface area contributed by atoms with Gasteiger partial charge in [-0.15, -0.1) is 0 Å². The summed E-state index contributed by atoms with van der Waals surface area (Å²) in [6.45, 7) is 0.255. The maximum absolute atomic E-state index is 13.3. The third-order valence-corrected chi connectivity index (χ3v) is 2.78. The van der Waals surface area contributed by atoms with Crippen LogP contribution in [0, 0.1) is 17.1 Å². The molecule has 0 aromatic heterocycles. The summed E-state index contributed by atoms with van der Waals surface area (Å²) in [4.78, 5) is 0. The Labute approximate surface area is 109 Å². The Balaban J connectivity index is 2.10. The Morgan fingerprint density at radius 1 is 1.22 bits per heavy atom. The molecule has 0 bridgehead atoms. The average molecular weight is 262 g/mol. The SMILES string of the molecule is N#Cc1ccc(OCc2ccccc2Cl)cc1F. The van der Waals surface area contributed by atoms with E-state index >= 15 is 0 Å². The average Bonchev–Trinajstić information content (AvgIpc) is 2.38. The fourth-order valence-electron chi connectivity index (χ4n) is 1.45. The first kappa shape index (κ1) is 12.4. The Bertz CT molecular complexity index is 607. The van der Waals surface area contributed by atoms with E-state index < -0.39 is 5.82 Å². The first-order chi connectivity index (χ1) is 8.70. The molecule has 2 nitrogen and oxygen atoms in total. The van der Waals surface area contributed by atoms with Gasteiger partial charge in [-0.1, -0.05) is 29.8 Å². The van der Waals surface area contributed by atoms with E-state index in [-0.39, 0.29) is 12.2 Å². The van der Waals surface area contributed by atoms with Gasteiger partial charge in [0.1, 0.15) is 24.2 Å². The van der Waals surface area contributed by atoms with Gasteiger partial charge in [-0.05, 0) is 18.2 Å². The predicted molar refractivity (Wildman–Crippen MR) is 66.9 cm³/mol. The normalized spacial score (nSPS) is 9.83. The molecule has 18 heavy (non-hydrogen) atoms. The highest BCUT2D eigenvalue weighted by molar-refractivity contribution is 6.31. The molecule has 0 aliphatic heterocycles. The second-order valence-corrected chi connectivity index (χ2v) is 4.04. The molecule has 2 rings (SSSR count). The molecule has 0 radical (unpaired) electrons. The van der Waals surface area contributed by atoms with Crippen molar-refractivity contribution in [2.45, 2.75) is 6.61 Å². The highest BCUT2D eigenvalue weighted by atomic mass is 35.5. The Hall–Kier alpha value is -2.05. The number of ether oxygens (including phenoxy) is 1. The van der Waals surface area contributed by atoms with E-state index in [1.54, 1.807) is 18.2 Å². The zero-order chi connectivity index (χ0) is 13.0. The van der Waals surface area contributed by atoms with Crippen LogP contribution in [0.1, 0.15) is 11.1 Å². The van der Waals surface area contributed by atoms with E-state index in [0.29, 0.717) is 10.8 Å². The number of rotatable bonds is 3. The minimum Gasteiger partial charge on any atom is -0.489 e. The molecule has 0 saturated heterocycles. The zero-order valence-corrected chi connectivity index (χ0v) is 10.1. The van der Waals surface area contributed by atoms with Gasteiger partial charge in [0.15, 0.2) is 0 Å². The van der Waals surface area contributed by atoms with Crippen molar-refractivity contribution < 1.29 is 9.13 Å². The van der Waals surface area contributed by atoms with Crippen molar-refractivity contribution in [3.63, 3.8) is 0 Å².